The van der Waals surface area contributed by atoms with Crippen LogP contribution in [0.2, 0.25) is 23.8 Å². The zero-order valence-electron chi connectivity index (χ0n) is 9.35. The highest BCUT2D eigenvalue weighted by atomic mass is 28.4. The summed E-state index contributed by atoms with van der Waals surface area (Å²) >= 11 is 0. The lowest BCUT2D eigenvalue weighted by atomic mass is 10.5. The molecule has 0 aliphatic heterocycles. The predicted molar refractivity (Wildman–Crippen MR) is 64.0 cm³/mol. The quantitative estimate of drug-likeness (QED) is 0.674. The van der Waals surface area contributed by atoms with Crippen LogP contribution in [0.3, 0.4) is 0 Å². The molecule has 1 N–H and O–H groups in total. The van der Waals surface area contributed by atoms with Gasteiger partial charge in [0.15, 0.2) is 0 Å². The van der Waals surface area contributed by atoms with Crippen molar-refractivity contribution in [1.29, 1.82) is 0 Å². The van der Waals surface area contributed by atoms with Gasteiger partial charge in [0.25, 0.3) is 0 Å². The lowest BCUT2D eigenvalue weighted by Crippen LogP contribution is -2.42. The molecule has 0 saturated carbocycles. The number of rotatable bonds is 6. The first-order chi connectivity index (χ1) is 5.87. The van der Waals surface area contributed by atoms with Gasteiger partial charge in [0.05, 0.1) is 17.6 Å². The molecule has 0 rings (SSSR count). The molecule has 0 aromatic carbocycles. The number of aliphatic hydroxyl groups is 1. The van der Waals surface area contributed by atoms with E-state index in [4.69, 9.17) is 5.11 Å². The minimum Gasteiger partial charge on any atom is -0.396 e. The Balaban J connectivity index is 4.30. The van der Waals surface area contributed by atoms with E-state index in [1.54, 1.807) is 0 Å². The smallest absolute Gasteiger partial charge is 0.0728 e. The standard InChI is InChI=1S/C10H22OSi2/c1-6-12-10(2,3)13(4,5)9-7-8-11/h6,11H,1,7-9H2,2-5H3. The van der Waals surface area contributed by atoms with Crippen LogP contribution in [-0.2, 0) is 0 Å². The molecule has 0 bridgehead atoms. The van der Waals surface area contributed by atoms with E-state index in [1.807, 2.05) is 5.70 Å². The molecule has 1 nitrogen and oxygen atoms in total. The molecule has 0 fully saturated rings. The maximum Gasteiger partial charge on any atom is 0.0728 e. The molecule has 0 saturated heterocycles. The van der Waals surface area contributed by atoms with Crippen molar-refractivity contribution in [1.82, 2.24) is 0 Å². The van der Waals surface area contributed by atoms with Gasteiger partial charge < -0.3 is 5.11 Å². The zero-order valence-corrected chi connectivity index (χ0v) is 11.4. The molecule has 0 aliphatic carbocycles. The van der Waals surface area contributed by atoms with Crippen LogP contribution >= 0.6 is 0 Å². The minimum absolute atomic E-state index is 0.337. The van der Waals surface area contributed by atoms with Crippen molar-refractivity contribution in [2.45, 2.75) is 44.1 Å². The fraction of sp³-hybridized carbons (Fsp3) is 0.800. The second-order valence-electron chi connectivity index (χ2n) is 4.68. The fourth-order valence-electron chi connectivity index (χ4n) is 1.28. The highest BCUT2D eigenvalue weighted by Crippen LogP contribution is 2.38. The molecule has 76 valence electrons. The lowest BCUT2D eigenvalue weighted by Gasteiger charge is -2.39. The van der Waals surface area contributed by atoms with Crippen LogP contribution in [0.4, 0.5) is 0 Å². The van der Waals surface area contributed by atoms with Gasteiger partial charge in [-0.2, -0.15) is 0 Å². The van der Waals surface area contributed by atoms with Gasteiger partial charge in [-0.15, -0.1) is 12.3 Å². The van der Waals surface area contributed by atoms with Gasteiger partial charge in [0.2, 0.25) is 0 Å². The molecule has 0 aromatic heterocycles. The van der Waals surface area contributed by atoms with E-state index in [2.05, 4.69) is 33.5 Å². The third kappa shape index (κ3) is 3.79. The van der Waals surface area contributed by atoms with E-state index in [9.17, 15) is 0 Å². The summed E-state index contributed by atoms with van der Waals surface area (Å²) < 4.78 is 0.434. The first kappa shape index (κ1) is 13.1. The van der Waals surface area contributed by atoms with E-state index in [-0.39, 0.29) is 0 Å². The molecule has 0 unspecified atom stereocenters. The highest BCUT2D eigenvalue weighted by Gasteiger charge is 2.37. The second kappa shape index (κ2) is 5.12. The van der Waals surface area contributed by atoms with Crippen LogP contribution in [0, 0.1) is 0 Å². The first-order valence-corrected chi connectivity index (χ1v) is 9.15. The van der Waals surface area contributed by atoms with Gasteiger partial charge >= 0.3 is 0 Å². The van der Waals surface area contributed by atoms with E-state index in [1.165, 1.54) is 6.04 Å². The average Bonchev–Trinajstić information content (AvgIpc) is 2.00. The normalized spacial score (nSPS) is 13.0. The Hall–Kier alpha value is 0.134. The van der Waals surface area contributed by atoms with Gasteiger partial charge in [0, 0.05) is 6.61 Å². The zero-order chi connectivity index (χ0) is 10.5. The summed E-state index contributed by atoms with van der Waals surface area (Å²) in [5.41, 5.74) is 2.05. The molecular weight excluding hydrogens is 192 g/mol. The number of hydrogen-bond acceptors (Lipinski definition) is 1. The summed E-state index contributed by atoms with van der Waals surface area (Å²) in [6, 6.07) is 1.22. The second-order valence-corrected chi connectivity index (χ2v) is 12.6. The maximum absolute atomic E-state index is 8.83. The third-order valence-corrected chi connectivity index (χ3v) is 11.5. The Morgan fingerprint density at radius 3 is 2.38 bits per heavy atom. The van der Waals surface area contributed by atoms with Crippen molar-refractivity contribution in [3.63, 3.8) is 0 Å². The Labute approximate surface area is 86.1 Å². The Bertz CT molecular complexity index is 164. The minimum atomic E-state index is -1.19. The molecule has 0 aliphatic rings. The van der Waals surface area contributed by atoms with Crippen molar-refractivity contribution in [3.8, 4) is 0 Å². The van der Waals surface area contributed by atoms with Crippen molar-refractivity contribution in [3.05, 3.63) is 12.3 Å². The molecule has 3 heteroatoms. The third-order valence-electron chi connectivity index (χ3n) is 3.11. The van der Waals surface area contributed by atoms with Crippen LogP contribution in [0.15, 0.2) is 12.3 Å². The Morgan fingerprint density at radius 2 is 2.00 bits per heavy atom. The number of hydrogen-bond donors (Lipinski definition) is 1. The average molecular weight is 214 g/mol. The van der Waals surface area contributed by atoms with Crippen molar-refractivity contribution in [2.75, 3.05) is 6.61 Å². The number of aliphatic hydroxyl groups excluding tert-OH is 1. The van der Waals surface area contributed by atoms with E-state index in [0.717, 1.165) is 15.9 Å². The summed E-state index contributed by atoms with van der Waals surface area (Å²) in [7, 11) is -0.344. The SMILES string of the molecule is C=C[Si]C(C)(C)[Si](C)(C)CCCO. The summed E-state index contributed by atoms with van der Waals surface area (Å²) in [6.45, 7) is 13.7. The summed E-state index contributed by atoms with van der Waals surface area (Å²) in [4.78, 5) is 0. The Morgan fingerprint density at radius 1 is 1.46 bits per heavy atom. The lowest BCUT2D eigenvalue weighted by molar-refractivity contribution is 0.294. The topological polar surface area (TPSA) is 20.2 Å². The Kier molecular flexibility index (Phi) is 5.18. The molecule has 0 heterocycles. The predicted octanol–water partition coefficient (Wildman–Crippen LogP) is 2.66. The van der Waals surface area contributed by atoms with Crippen LogP contribution in [-0.4, -0.2) is 29.3 Å². The van der Waals surface area contributed by atoms with Crippen molar-refractivity contribution in [2.24, 2.45) is 0 Å². The highest BCUT2D eigenvalue weighted by molar-refractivity contribution is 6.89. The molecular formula is C10H22OSi2. The van der Waals surface area contributed by atoms with Crippen molar-refractivity contribution < 1.29 is 5.11 Å². The van der Waals surface area contributed by atoms with Gasteiger partial charge in [-0.25, -0.2) is 0 Å². The van der Waals surface area contributed by atoms with Crippen molar-refractivity contribution >= 4 is 17.6 Å². The van der Waals surface area contributed by atoms with Crippen LogP contribution in [0.5, 0.6) is 0 Å². The summed E-state index contributed by atoms with van der Waals surface area (Å²) in [6.07, 6.45) is 0.963. The molecule has 2 radical (unpaired) electrons. The summed E-state index contributed by atoms with van der Waals surface area (Å²) in [5.74, 6) is 0. The van der Waals surface area contributed by atoms with E-state index >= 15 is 0 Å². The van der Waals surface area contributed by atoms with Gasteiger partial charge in [-0.05, 0) is 11.1 Å². The van der Waals surface area contributed by atoms with Gasteiger partial charge in [-0.3, -0.25) is 0 Å². The molecule has 0 atom stereocenters. The molecule has 0 amide bonds. The van der Waals surface area contributed by atoms with Crippen LogP contribution in [0.25, 0.3) is 0 Å². The monoisotopic (exact) mass is 214 g/mol. The first-order valence-electron chi connectivity index (χ1n) is 4.87. The van der Waals surface area contributed by atoms with Gasteiger partial charge in [0.1, 0.15) is 0 Å². The van der Waals surface area contributed by atoms with Gasteiger partial charge in [-0.1, -0.05) is 33.0 Å². The molecule has 0 aromatic rings. The largest absolute Gasteiger partial charge is 0.396 e. The van der Waals surface area contributed by atoms with Crippen LogP contribution in [0.1, 0.15) is 20.3 Å². The van der Waals surface area contributed by atoms with Crippen LogP contribution < -0.4 is 0 Å². The maximum atomic E-state index is 8.83. The summed E-state index contributed by atoms with van der Waals surface area (Å²) in [5, 5.41) is 8.83. The van der Waals surface area contributed by atoms with E-state index < -0.39 is 8.07 Å². The van der Waals surface area contributed by atoms with E-state index in [0.29, 0.717) is 11.3 Å². The molecule has 0 spiro atoms. The molecule has 13 heavy (non-hydrogen) atoms. The fourth-order valence-corrected chi connectivity index (χ4v) is 5.71.